The number of aryl methyl sites for hydroxylation is 1. The normalized spacial score (nSPS) is 12.2. The Labute approximate surface area is 106 Å². The van der Waals surface area contributed by atoms with Crippen molar-refractivity contribution in [3.05, 3.63) is 47.3 Å². The molecule has 0 fully saturated rings. The number of ketones is 1. The molecule has 2 rings (SSSR count). The van der Waals surface area contributed by atoms with Gasteiger partial charge >= 0.3 is 0 Å². The van der Waals surface area contributed by atoms with Gasteiger partial charge in [-0.25, -0.2) is 0 Å². The fraction of sp³-hybridized carbons (Fsp3) is 0.286. The number of benzene rings is 1. The van der Waals surface area contributed by atoms with E-state index in [1.54, 1.807) is 18.2 Å². The summed E-state index contributed by atoms with van der Waals surface area (Å²) in [6, 6.07) is 8.93. The van der Waals surface area contributed by atoms with Gasteiger partial charge in [-0.2, -0.15) is 0 Å². The van der Waals surface area contributed by atoms with Gasteiger partial charge in [0, 0.05) is 11.6 Å². The monoisotopic (exact) mass is 245 g/mol. The summed E-state index contributed by atoms with van der Waals surface area (Å²) >= 11 is 0. The molecule has 4 nitrogen and oxygen atoms in total. The summed E-state index contributed by atoms with van der Waals surface area (Å²) in [5.74, 6) is 1.33. The number of ether oxygens (including phenoxy) is 1. The van der Waals surface area contributed by atoms with Crippen molar-refractivity contribution in [2.45, 2.75) is 26.9 Å². The average molecular weight is 245 g/mol. The summed E-state index contributed by atoms with van der Waals surface area (Å²) in [7, 11) is 0. The van der Waals surface area contributed by atoms with Crippen molar-refractivity contribution >= 4 is 5.78 Å². The van der Waals surface area contributed by atoms with Crippen LogP contribution in [-0.4, -0.2) is 10.9 Å². The Morgan fingerprint density at radius 2 is 2.17 bits per heavy atom. The molecule has 0 aliphatic heterocycles. The summed E-state index contributed by atoms with van der Waals surface area (Å²) in [6.45, 7) is 5.26. The van der Waals surface area contributed by atoms with E-state index in [-0.39, 0.29) is 11.9 Å². The molecule has 4 heteroatoms. The van der Waals surface area contributed by atoms with Crippen LogP contribution in [0.3, 0.4) is 0 Å². The van der Waals surface area contributed by atoms with Gasteiger partial charge in [-0.1, -0.05) is 17.3 Å². The van der Waals surface area contributed by atoms with Crippen molar-refractivity contribution in [3.8, 4) is 5.75 Å². The van der Waals surface area contributed by atoms with Gasteiger partial charge in [0.1, 0.15) is 5.75 Å². The first kappa shape index (κ1) is 12.4. The van der Waals surface area contributed by atoms with E-state index < -0.39 is 0 Å². The van der Waals surface area contributed by atoms with Gasteiger partial charge in [0.15, 0.2) is 17.6 Å². The SMILES string of the molecule is CC(=O)c1cccc(OC(C)c2cc(C)no2)c1. The lowest BCUT2D eigenvalue weighted by Crippen LogP contribution is -2.02. The Morgan fingerprint density at radius 1 is 1.39 bits per heavy atom. The first-order chi connectivity index (χ1) is 8.56. The van der Waals surface area contributed by atoms with E-state index in [2.05, 4.69) is 5.16 Å². The second-order valence-corrected chi connectivity index (χ2v) is 4.21. The van der Waals surface area contributed by atoms with Gasteiger partial charge in [-0.15, -0.1) is 0 Å². The van der Waals surface area contributed by atoms with Crippen LogP contribution in [0.15, 0.2) is 34.9 Å². The number of carbonyl (C=O) groups excluding carboxylic acids is 1. The molecule has 1 aromatic carbocycles. The van der Waals surface area contributed by atoms with Gasteiger partial charge in [-0.05, 0) is 32.9 Å². The quantitative estimate of drug-likeness (QED) is 0.775. The van der Waals surface area contributed by atoms with E-state index in [1.165, 1.54) is 6.92 Å². The summed E-state index contributed by atoms with van der Waals surface area (Å²) in [4.78, 5) is 11.3. The largest absolute Gasteiger partial charge is 0.483 e. The minimum Gasteiger partial charge on any atom is -0.483 e. The minimum atomic E-state index is -0.242. The Bertz CT molecular complexity index is 560. The highest BCUT2D eigenvalue weighted by Gasteiger charge is 2.13. The topological polar surface area (TPSA) is 52.3 Å². The maximum absolute atomic E-state index is 11.3. The zero-order chi connectivity index (χ0) is 13.1. The fourth-order valence-corrected chi connectivity index (χ4v) is 1.63. The van der Waals surface area contributed by atoms with E-state index in [0.717, 1.165) is 5.69 Å². The molecule has 0 radical (unpaired) electrons. The highest BCUT2D eigenvalue weighted by molar-refractivity contribution is 5.94. The molecule has 1 atom stereocenters. The molecule has 0 N–H and O–H groups in total. The second-order valence-electron chi connectivity index (χ2n) is 4.21. The number of carbonyl (C=O) groups is 1. The van der Waals surface area contributed by atoms with E-state index in [9.17, 15) is 4.79 Å². The number of rotatable bonds is 4. The maximum atomic E-state index is 11.3. The predicted octanol–water partition coefficient (Wildman–Crippen LogP) is 3.33. The third-order valence-corrected chi connectivity index (χ3v) is 2.60. The Hall–Kier alpha value is -2.10. The molecular weight excluding hydrogens is 230 g/mol. The van der Waals surface area contributed by atoms with Crippen LogP contribution in [0.4, 0.5) is 0 Å². The Morgan fingerprint density at radius 3 is 2.78 bits per heavy atom. The Kier molecular flexibility index (Phi) is 3.46. The minimum absolute atomic E-state index is 0.0172. The van der Waals surface area contributed by atoms with Gasteiger partial charge in [0.25, 0.3) is 0 Å². The van der Waals surface area contributed by atoms with Crippen molar-refractivity contribution in [1.82, 2.24) is 5.16 Å². The van der Waals surface area contributed by atoms with E-state index in [4.69, 9.17) is 9.26 Å². The maximum Gasteiger partial charge on any atom is 0.177 e. The molecule has 0 saturated carbocycles. The average Bonchev–Trinajstić information content (AvgIpc) is 2.76. The van der Waals surface area contributed by atoms with Crippen LogP contribution >= 0.6 is 0 Å². The van der Waals surface area contributed by atoms with Crippen molar-refractivity contribution < 1.29 is 14.1 Å². The summed E-state index contributed by atoms with van der Waals surface area (Å²) < 4.78 is 10.9. The lowest BCUT2D eigenvalue weighted by Gasteiger charge is -2.12. The van der Waals surface area contributed by atoms with Crippen molar-refractivity contribution in [2.24, 2.45) is 0 Å². The number of aromatic nitrogens is 1. The number of nitrogens with zero attached hydrogens (tertiary/aromatic N) is 1. The van der Waals surface area contributed by atoms with Crippen LogP contribution < -0.4 is 4.74 Å². The molecule has 0 bridgehead atoms. The molecule has 0 aliphatic rings. The summed E-state index contributed by atoms with van der Waals surface area (Å²) in [5.41, 5.74) is 1.45. The van der Waals surface area contributed by atoms with Crippen LogP contribution in [0.1, 0.15) is 41.8 Å². The molecule has 0 saturated heterocycles. The van der Waals surface area contributed by atoms with E-state index in [1.807, 2.05) is 26.0 Å². The lowest BCUT2D eigenvalue weighted by molar-refractivity contribution is 0.101. The molecule has 1 heterocycles. The van der Waals surface area contributed by atoms with Gasteiger partial charge in [0.2, 0.25) is 0 Å². The van der Waals surface area contributed by atoms with E-state index >= 15 is 0 Å². The molecular formula is C14H15NO3. The molecule has 1 aromatic heterocycles. The summed E-state index contributed by atoms with van der Waals surface area (Å²) in [5, 5.41) is 3.82. The van der Waals surface area contributed by atoms with Crippen molar-refractivity contribution in [1.29, 1.82) is 0 Å². The first-order valence-electron chi connectivity index (χ1n) is 5.77. The Balaban J connectivity index is 2.14. The molecule has 18 heavy (non-hydrogen) atoms. The first-order valence-corrected chi connectivity index (χ1v) is 5.77. The lowest BCUT2D eigenvalue weighted by atomic mass is 10.1. The predicted molar refractivity (Wildman–Crippen MR) is 66.7 cm³/mol. The van der Waals surface area contributed by atoms with Crippen LogP contribution in [0, 0.1) is 6.92 Å². The molecule has 0 aliphatic carbocycles. The molecule has 0 amide bonds. The van der Waals surface area contributed by atoms with Crippen LogP contribution in [-0.2, 0) is 0 Å². The molecule has 94 valence electrons. The van der Waals surface area contributed by atoms with Gasteiger partial charge in [0.05, 0.1) is 5.69 Å². The molecule has 2 aromatic rings. The van der Waals surface area contributed by atoms with Gasteiger partial charge < -0.3 is 9.26 Å². The molecule has 1 unspecified atom stereocenters. The second kappa shape index (κ2) is 5.04. The zero-order valence-corrected chi connectivity index (χ0v) is 10.6. The molecule has 0 spiro atoms. The van der Waals surface area contributed by atoms with Crippen LogP contribution in [0.2, 0.25) is 0 Å². The highest BCUT2D eigenvalue weighted by Crippen LogP contribution is 2.23. The standard InChI is InChI=1S/C14H15NO3/c1-9-7-14(18-15-9)11(3)17-13-6-4-5-12(8-13)10(2)16/h4-8,11H,1-3H3. The third-order valence-electron chi connectivity index (χ3n) is 2.60. The van der Waals surface area contributed by atoms with Crippen LogP contribution in [0.25, 0.3) is 0 Å². The van der Waals surface area contributed by atoms with Gasteiger partial charge in [-0.3, -0.25) is 4.79 Å². The fourth-order valence-electron chi connectivity index (χ4n) is 1.63. The third kappa shape index (κ3) is 2.77. The number of Topliss-reactive ketones (excluding diaryl/α,β-unsaturated/α-hetero) is 1. The number of hydrogen-bond donors (Lipinski definition) is 0. The smallest absolute Gasteiger partial charge is 0.177 e. The van der Waals surface area contributed by atoms with E-state index in [0.29, 0.717) is 17.1 Å². The zero-order valence-electron chi connectivity index (χ0n) is 10.6. The highest BCUT2D eigenvalue weighted by atomic mass is 16.5. The summed E-state index contributed by atoms with van der Waals surface area (Å²) in [6.07, 6.45) is -0.242. The van der Waals surface area contributed by atoms with Crippen molar-refractivity contribution in [2.75, 3.05) is 0 Å². The van der Waals surface area contributed by atoms with Crippen molar-refractivity contribution in [3.63, 3.8) is 0 Å². The van der Waals surface area contributed by atoms with Crippen LogP contribution in [0.5, 0.6) is 5.75 Å². The number of hydrogen-bond acceptors (Lipinski definition) is 4.